The molecule has 0 aliphatic heterocycles. The van der Waals surface area contributed by atoms with Gasteiger partial charge in [0.2, 0.25) is 0 Å². The molecule has 2 rings (SSSR count). The average molecular weight is 364 g/mol. The summed E-state index contributed by atoms with van der Waals surface area (Å²) in [6, 6.07) is 0. The second-order valence-electron chi connectivity index (χ2n) is 5.75. The summed E-state index contributed by atoms with van der Waals surface area (Å²) in [5.74, 6) is -0.169. The molecular formula is C17H24N4O3S. The van der Waals surface area contributed by atoms with Gasteiger partial charge in [-0.1, -0.05) is 0 Å². The van der Waals surface area contributed by atoms with Crippen molar-refractivity contribution in [3.63, 3.8) is 0 Å². The molecule has 0 saturated heterocycles. The number of hydrogen-bond acceptors (Lipinski definition) is 6. The van der Waals surface area contributed by atoms with Crippen molar-refractivity contribution < 1.29 is 9.53 Å². The maximum Gasteiger partial charge on any atom is 0.277 e. The largest absolute Gasteiger partial charge is 0.382 e. The fraction of sp³-hybridized carbons (Fsp3) is 0.529. The van der Waals surface area contributed by atoms with Crippen molar-refractivity contribution >= 4 is 17.2 Å². The van der Waals surface area contributed by atoms with Crippen LogP contribution in [-0.2, 0) is 11.8 Å². The molecule has 0 bridgehead atoms. The summed E-state index contributed by atoms with van der Waals surface area (Å²) in [6.45, 7) is 9.26. The molecule has 2 aromatic heterocycles. The Morgan fingerprint density at radius 2 is 2.00 bits per heavy atom. The molecule has 0 aromatic carbocycles. The molecule has 0 spiro atoms. The van der Waals surface area contributed by atoms with Gasteiger partial charge in [-0.2, -0.15) is 5.10 Å². The molecule has 0 atom stereocenters. The highest BCUT2D eigenvalue weighted by atomic mass is 32.1. The summed E-state index contributed by atoms with van der Waals surface area (Å²) in [5, 5.41) is 7.61. The Bertz CT molecular complexity index is 826. The molecule has 1 amide bonds. The highest BCUT2D eigenvalue weighted by molar-refractivity contribution is 7.17. The Labute approximate surface area is 151 Å². The van der Waals surface area contributed by atoms with E-state index in [4.69, 9.17) is 4.74 Å². The van der Waals surface area contributed by atoms with Gasteiger partial charge in [0.25, 0.3) is 11.5 Å². The number of carbonyl (C=O) groups is 1. The number of aryl methyl sites for hydroxylation is 3. The number of ether oxygens (including phenoxy) is 1. The summed E-state index contributed by atoms with van der Waals surface area (Å²) in [4.78, 5) is 29.8. The highest BCUT2D eigenvalue weighted by Crippen LogP contribution is 2.28. The maximum atomic E-state index is 12.5. The van der Waals surface area contributed by atoms with Crippen LogP contribution in [0.25, 0.3) is 10.6 Å². The number of carbonyl (C=O) groups excluding carboxylic acids is 1. The zero-order valence-electron chi connectivity index (χ0n) is 15.3. The van der Waals surface area contributed by atoms with Gasteiger partial charge in [0.05, 0.1) is 17.0 Å². The molecule has 7 nitrogen and oxygen atoms in total. The van der Waals surface area contributed by atoms with Crippen molar-refractivity contribution in [3.8, 4) is 10.6 Å². The molecule has 0 radical (unpaired) electrons. The van der Waals surface area contributed by atoms with E-state index < -0.39 is 0 Å². The topological polar surface area (TPSA) is 86.1 Å². The lowest BCUT2D eigenvalue weighted by molar-refractivity contribution is 0.0947. The summed E-state index contributed by atoms with van der Waals surface area (Å²) in [6.07, 6.45) is 0.757. The van der Waals surface area contributed by atoms with Crippen LogP contribution in [0, 0.1) is 20.8 Å². The van der Waals surface area contributed by atoms with Crippen LogP contribution in [0.15, 0.2) is 4.79 Å². The van der Waals surface area contributed by atoms with E-state index in [9.17, 15) is 9.59 Å². The molecule has 136 valence electrons. The minimum absolute atomic E-state index is 0.169. The zero-order chi connectivity index (χ0) is 18.6. The first kappa shape index (κ1) is 19.3. The van der Waals surface area contributed by atoms with Crippen molar-refractivity contribution in [2.24, 2.45) is 7.05 Å². The fourth-order valence-electron chi connectivity index (χ4n) is 2.42. The summed E-state index contributed by atoms with van der Waals surface area (Å²) in [7, 11) is 1.62. The van der Waals surface area contributed by atoms with Gasteiger partial charge in [-0.15, -0.1) is 11.3 Å². The lowest BCUT2D eigenvalue weighted by atomic mass is 10.1. The molecule has 8 heteroatoms. The Kier molecular flexibility index (Phi) is 6.44. The van der Waals surface area contributed by atoms with Crippen LogP contribution >= 0.6 is 11.3 Å². The predicted octanol–water partition coefficient (Wildman–Crippen LogP) is 1.99. The van der Waals surface area contributed by atoms with Crippen molar-refractivity contribution in [2.45, 2.75) is 34.1 Å². The van der Waals surface area contributed by atoms with Gasteiger partial charge >= 0.3 is 0 Å². The minimum atomic E-state index is -0.208. The number of aromatic nitrogens is 3. The van der Waals surface area contributed by atoms with E-state index in [0.29, 0.717) is 40.9 Å². The van der Waals surface area contributed by atoms with Gasteiger partial charge in [-0.25, -0.2) is 9.67 Å². The molecule has 0 aliphatic rings. The second kappa shape index (κ2) is 8.35. The lowest BCUT2D eigenvalue weighted by Gasteiger charge is -2.07. The van der Waals surface area contributed by atoms with Gasteiger partial charge in [-0.05, 0) is 39.7 Å². The number of hydrogen-bond donors (Lipinski definition) is 1. The lowest BCUT2D eigenvalue weighted by Crippen LogP contribution is -2.25. The third kappa shape index (κ3) is 4.32. The third-order valence-corrected chi connectivity index (χ3v) is 5.07. The average Bonchev–Trinajstić information content (AvgIpc) is 2.94. The minimum Gasteiger partial charge on any atom is -0.382 e. The van der Waals surface area contributed by atoms with E-state index in [1.54, 1.807) is 14.0 Å². The van der Waals surface area contributed by atoms with E-state index in [1.807, 2.05) is 20.8 Å². The van der Waals surface area contributed by atoms with Crippen molar-refractivity contribution in [3.05, 3.63) is 32.2 Å². The Morgan fingerprint density at radius 3 is 2.68 bits per heavy atom. The standard InChI is InChI=1S/C17H24N4O3S/c1-6-24-9-7-8-18-15(22)14-12(4)19-16(25-14)13-10(2)11(3)20-21(5)17(13)23/h6-9H2,1-5H3,(H,18,22). The molecule has 0 aliphatic carbocycles. The number of thiazole rings is 1. The maximum absolute atomic E-state index is 12.5. The quantitative estimate of drug-likeness (QED) is 0.759. The number of nitrogens with zero attached hydrogens (tertiary/aromatic N) is 3. The van der Waals surface area contributed by atoms with Crippen LogP contribution in [0.2, 0.25) is 0 Å². The molecule has 1 N–H and O–H groups in total. The first-order valence-electron chi connectivity index (χ1n) is 8.25. The molecule has 0 fully saturated rings. The van der Waals surface area contributed by atoms with Gasteiger partial charge in [0.15, 0.2) is 0 Å². The molecular weight excluding hydrogens is 340 g/mol. The van der Waals surface area contributed by atoms with Crippen molar-refractivity contribution in [2.75, 3.05) is 19.8 Å². The van der Waals surface area contributed by atoms with E-state index in [0.717, 1.165) is 17.7 Å². The van der Waals surface area contributed by atoms with Crippen LogP contribution in [0.1, 0.15) is 40.0 Å². The smallest absolute Gasteiger partial charge is 0.277 e. The van der Waals surface area contributed by atoms with E-state index >= 15 is 0 Å². The van der Waals surface area contributed by atoms with E-state index in [1.165, 1.54) is 16.0 Å². The van der Waals surface area contributed by atoms with Crippen molar-refractivity contribution in [1.82, 2.24) is 20.1 Å². The van der Waals surface area contributed by atoms with Crippen LogP contribution < -0.4 is 10.9 Å². The first-order valence-corrected chi connectivity index (χ1v) is 9.06. The van der Waals surface area contributed by atoms with Crippen LogP contribution in [0.4, 0.5) is 0 Å². The van der Waals surface area contributed by atoms with Gasteiger partial charge < -0.3 is 10.1 Å². The molecule has 2 heterocycles. The zero-order valence-corrected chi connectivity index (χ0v) is 16.1. The fourth-order valence-corrected chi connectivity index (χ4v) is 3.49. The molecule has 0 unspecified atom stereocenters. The van der Waals surface area contributed by atoms with E-state index in [2.05, 4.69) is 15.4 Å². The molecule has 25 heavy (non-hydrogen) atoms. The molecule has 0 saturated carbocycles. The number of amides is 1. The monoisotopic (exact) mass is 364 g/mol. The normalized spacial score (nSPS) is 10.9. The third-order valence-electron chi connectivity index (χ3n) is 3.90. The van der Waals surface area contributed by atoms with Crippen LogP contribution in [0.5, 0.6) is 0 Å². The Hall–Kier alpha value is -2.06. The van der Waals surface area contributed by atoms with Crippen molar-refractivity contribution in [1.29, 1.82) is 0 Å². The van der Waals surface area contributed by atoms with Crippen LogP contribution in [-0.4, -0.2) is 40.4 Å². The first-order chi connectivity index (χ1) is 11.9. The van der Waals surface area contributed by atoms with Gasteiger partial charge in [-0.3, -0.25) is 9.59 Å². The number of rotatable bonds is 7. The molecule has 2 aromatic rings. The summed E-state index contributed by atoms with van der Waals surface area (Å²) >= 11 is 1.24. The predicted molar refractivity (Wildman–Crippen MR) is 98.2 cm³/mol. The van der Waals surface area contributed by atoms with E-state index in [-0.39, 0.29) is 11.5 Å². The number of nitrogens with one attached hydrogen (secondary N) is 1. The Balaban J connectivity index is 2.24. The summed E-state index contributed by atoms with van der Waals surface area (Å²) in [5.41, 5.74) is 2.49. The second-order valence-corrected chi connectivity index (χ2v) is 6.75. The summed E-state index contributed by atoms with van der Waals surface area (Å²) < 4.78 is 6.56. The SMILES string of the molecule is CCOCCCNC(=O)c1sc(-c2c(C)c(C)nn(C)c2=O)nc1C. The van der Waals surface area contributed by atoms with Gasteiger partial charge in [0, 0.05) is 26.8 Å². The highest BCUT2D eigenvalue weighted by Gasteiger charge is 2.20. The van der Waals surface area contributed by atoms with Crippen LogP contribution in [0.3, 0.4) is 0 Å². The van der Waals surface area contributed by atoms with Gasteiger partial charge in [0.1, 0.15) is 9.88 Å². The Morgan fingerprint density at radius 1 is 1.28 bits per heavy atom.